The fourth-order valence-corrected chi connectivity index (χ4v) is 3.30. The summed E-state index contributed by atoms with van der Waals surface area (Å²) in [7, 11) is 0. The molecule has 0 unspecified atom stereocenters. The second kappa shape index (κ2) is 11.7. The zero-order valence-electron chi connectivity index (χ0n) is 19.1. The van der Waals surface area contributed by atoms with Crippen molar-refractivity contribution < 1.29 is 23.8 Å². The number of amides is 1. The molecule has 7 nitrogen and oxygen atoms in total. The smallest absolute Gasteiger partial charge is 0.338 e. The molecule has 1 aromatic heterocycles. The molecule has 0 saturated heterocycles. The lowest BCUT2D eigenvalue weighted by atomic mass is 10.1. The minimum Gasteiger partial charge on any atom is -0.494 e. The number of ether oxygens (including phenoxy) is 3. The van der Waals surface area contributed by atoms with Crippen LogP contribution < -0.4 is 14.4 Å². The maximum atomic E-state index is 13.7. The molecule has 2 aromatic carbocycles. The van der Waals surface area contributed by atoms with Gasteiger partial charge in [0.25, 0.3) is 5.91 Å². The van der Waals surface area contributed by atoms with Crippen LogP contribution in [-0.2, 0) is 11.3 Å². The standard InChI is InChI=1S/C26H28N2O5/c1-4-31-23-14-21(15-24(16-23)32-5-2)25(29)28(18-19-8-7-13-27-17-19)22-11-9-20(10-12-22)26(30)33-6-3/h7-17H,4-6,18H2,1-3H3. The molecule has 3 aromatic rings. The van der Waals surface area contributed by atoms with Gasteiger partial charge in [0.15, 0.2) is 0 Å². The highest BCUT2D eigenvalue weighted by atomic mass is 16.5. The second-order valence-corrected chi connectivity index (χ2v) is 7.08. The minimum absolute atomic E-state index is 0.231. The summed E-state index contributed by atoms with van der Waals surface area (Å²) in [6.45, 7) is 7.06. The highest BCUT2D eigenvalue weighted by molar-refractivity contribution is 6.06. The van der Waals surface area contributed by atoms with Gasteiger partial charge in [0.1, 0.15) is 11.5 Å². The summed E-state index contributed by atoms with van der Waals surface area (Å²) >= 11 is 0. The Labute approximate surface area is 193 Å². The molecular formula is C26H28N2O5. The first-order chi connectivity index (χ1) is 16.0. The predicted octanol–water partition coefficient (Wildman–Crippen LogP) is 4.90. The molecule has 0 aliphatic carbocycles. The molecule has 0 aliphatic rings. The highest BCUT2D eigenvalue weighted by Gasteiger charge is 2.21. The van der Waals surface area contributed by atoms with E-state index in [2.05, 4.69) is 4.98 Å². The van der Waals surface area contributed by atoms with E-state index in [0.717, 1.165) is 5.56 Å². The van der Waals surface area contributed by atoms with Crippen molar-refractivity contribution in [2.75, 3.05) is 24.7 Å². The van der Waals surface area contributed by atoms with Gasteiger partial charge in [-0.3, -0.25) is 9.78 Å². The van der Waals surface area contributed by atoms with Gasteiger partial charge in [-0.1, -0.05) is 6.07 Å². The van der Waals surface area contributed by atoms with Gasteiger partial charge >= 0.3 is 5.97 Å². The highest BCUT2D eigenvalue weighted by Crippen LogP contribution is 2.27. The fraction of sp³-hybridized carbons (Fsp3) is 0.269. The van der Waals surface area contributed by atoms with Gasteiger partial charge in [0, 0.05) is 29.7 Å². The maximum absolute atomic E-state index is 13.7. The summed E-state index contributed by atoms with van der Waals surface area (Å²) in [6, 6.07) is 15.7. The first-order valence-corrected chi connectivity index (χ1v) is 10.9. The largest absolute Gasteiger partial charge is 0.494 e. The number of esters is 1. The second-order valence-electron chi connectivity index (χ2n) is 7.08. The number of nitrogens with zero attached hydrogens (tertiary/aromatic N) is 2. The van der Waals surface area contributed by atoms with Crippen LogP contribution in [0.4, 0.5) is 5.69 Å². The molecule has 3 rings (SSSR count). The van der Waals surface area contributed by atoms with Crippen LogP contribution in [0.25, 0.3) is 0 Å². The Kier molecular flexibility index (Phi) is 8.41. The van der Waals surface area contributed by atoms with Gasteiger partial charge in [-0.2, -0.15) is 0 Å². The van der Waals surface area contributed by atoms with E-state index in [9.17, 15) is 9.59 Å². The third-order valence-electron chi connectivity index (χ3n) is 4.75. The number of anilines is 1. The van der Waals surface area contributed by atoms with E-state index in [-0.39, 0.29) is 5.91 Å². The first-order valence-electron chi connectivity index (χ1n) is 10.9. The molecule has 172 valence electrons. The molecule has 7 heteroatoms. The van der Waals surface area contributed by atoms with E-state index in [0.29, 0.717) is 54.7 Å². The summed E-state index contributed by atoms with van der Waals surface area (Å²) in [6.07, 6.45) is 3.40. The van der Waals surface area contributed by atoms with Gasteiger partial charge in [0.05, 0.1) is 31.9 Å². The monoisotopic (exact) mass is 448 g/mol. The Morgan fingerprint density at radius 3 is 2.06 bits per heavy atom. The Morgan fingerprint density at radius 2 is 1.52 bits per heavy atom. The van der Waals surface area contributed by atoms with Crippen molar-refractivity contribution in [2.45, 2.75) is 27.3 Å². The lowest BCUT2D eigenvalue weighted by Crippen LogP contribution is -2.30. The minimum atomic E-state index is -0.403. The molecule has 1 heterocycles. The maximum Gasteiger partial charge on any atom is 0.338 e. The number of aromatic nitrogens is 1. The van der Waals surface area contributed by atoms with Gasteiger partial charge < -0.3 is 19.1 Å². The fourth-order valence-electron chi connectivity index (χ4n) is 3.30. The van der Waals surface area contributed by atoms with Crippen LogP contribution in [0.5, 0.6) is 11.5 Å². The Hall–Kier alpha value is -3.87. The topological polar surface area (TPSA) is 78.0 Å². The number of carbonyl (C=O) groups excluding carboxylic acids is 2. The normalized spacial score (nSPS) is 10.4. The number of hydrogen-bond acceptors (Lipinski definition) is 6. The van der Waals surface area contributed by atoms with E-state index in [1.54, 1.807) is 66.7 Å². The van der Waals surface area contributed by atoms with E-state index >= 15 is 0 Å². The van der Waals surface area contributed by atoms with Crippen LogP contribution in [0.2, 0.25) is 0 Å². The lowest BCUT2D eigenvalue weighted by molar-refractivity contribution is 0.0526. The molecule has 33 heavy (non-hydrogen) atoms. The molecule has 0 radical (unpaired) electrons. The van der Waals surface area contributed by atoms with Gasteiger partial charge in [-0.15, -0.1) is 0 Å². The van der Waals surface area contributed by atoms with Crippen molar-refractivity contribution in [2.24, 2.45) is 0 Å². The Balaban J connectivity index is 1.99. The predicted molar refractivity (Wildman–Crippen MR) is 126 cm³/mol. The SMILES string of the molecule is CCOC(=O)c1ccc(N(Cc2cccnc2)C(=O)c2cc(OCC)cc(OCC)c2)cc1. The average molecular weight is 449 g/mol. The van der Waals surface area contributed by atoms with Gasteiger partial charge in [-0.25, -0.2) is 4.79 Å². The van der Waals surface area contributed by atoms with Crippen molar-refractivity contribution in [1.29, 1.82) is 0 Å². The van der Waals surface area contributed by atoms with Crippen molar-refractivity contribution in [3.8, 4) is 11.5 Å². The average Bonchev–Trinajstić information content (AvgIpc) is 2.83. The zero-order valence-corrected chi connectivity index (χ0v) is 19.1. The summed E-state index contributed by atoms with van der Waals surface area (Å²) < 4.78 is 16.3. The number of rotatable bonds is 10. The Bertz CT molecular complexity index is 1040. The molecule has 0 bridgehead atoms. The molecular weight excluding hydrogens is 420 g/mol. The first kappa shape index (κ1) is 23.8. The molecule has 0 aliphatic heterocycles. The molecule has 0 atom stereocenters. The summed E-state index contributed by atoms with van der Waals surface area (Å²) in [5.41, 5.74) is 2.36. The summed E-state index contributed by atoms with van der Waals surface area (Å²) in [5, 5.41) is 0. The quantitative estimate of drug-likeness (QED) is 0.411. The molecule has 0 fully saturated rings. The van der Waals surface area contributed by atoms with Crippen LogP contribution >= 0.6 is 0 Å². The van der Waals surface area contributed by atoms with Gasteiger partial charge in [-0.05, 0) is 68.8 Å². The number of carbonyl (C=O) groups is 2. The van der Waals surface area contributed by atoms with Crippen LogP contribution in [0.15, 0.2) is 67.0 Å². The van der Waals surface area contributed by atoms with Crippen molar-refractivity contribution in [3.63, 3.8) is 0 Å². The van der Waals surface area contributed by atoms with Crippen molar-refractivity contribution in [1.82, 2.24) is 4.98 Å². The Morgan fingerprint density at radius 1 is 0.848 bits per heavy atom. The van der Waals surface area contributed by atoms with E-state index in [1.807, 2.05) is 26.0 Å². The van der Waals surface area contributed by atoms with Gasteiger partial charge in [0.2, 0.25) is 0 Å². The molecule has 0 saturated carbocycles. The van der Waals surface area contributed by atoms with Crippen LogP contribution in [0.3, 0.4) is 0 Å². The van der Waals surface area contributed by atoms with Crippen molar-refractivity contribution >= 4 is 17.6 Å². The third-order valence-corrected chi connectivity index (χ3v) is 4.75. The summed E-state index contributed by atoms with van der Waals surface area (Å²) in [4.78, 5) is 31.5. The number of pyridine rings is 1. The molecule has 1 amide bonds. The molecule has 0 N–H and O–H groups in total. The molecule has 0 spiro atoms. The van der Waals surface area contributed by atoms with E-state index in [4.69, 9.17) is 14.2 Å². The van der Waals surface area contributed by atoms with Crippen LogP contribution in [-0.4, -0.2) is 36.7 Å². The van der Waals surface area contributed by atoms with Crippen LogP contribution in [0.1, 0.15) is 47.1 Å². The number of benzene rings is 2. The third kappa shape index (κ3) is 6.32. The van der Waals surface area contributed by atoms with E-state index < -0.39 is 5.97 Å². The van der Waals surface area contributed by atoms with E-state index in [1.165, 1.54) is 0 Å². The summed E-state index contributed by atoms with van der Waals surface area (Å²) in [5.74, 6) is 0.488. The number of hydrogen-bond donors (Lipinski definition) is 0. The van der Waals surface area contributed by atoms with Crippen molar-refractivity contribution in [3.05, 3.63) is 83.7 Å². The zero-order chi connectivity index (χ0) is 23.6. The van der Waals surface area contributed by atoms with Crippen LogP contribution in [0, 0.1) is 0 Å². The lowest BCUT2D eigenvalue weighted by Gasteiger charge is -2.24.